The van der Waals surface area contributed by atoms with Crippen molar-refractivity contribution >= 4 is 10.1 Å². The number of hydrogen-bond acceptors (Lipinski definition) is 2. The fraction of sp³-hybridized carbons (Fsp3) is 0.200. The van der Waals surface area contributed by atoms with Gasteiger partial charge >= 0.3 is 0 Å². The maximum absolute atomic E-state index is 11.0. The third kappa shape index (κ3) is 2.59. The van der Waals surface area contributed by atoms with Crippen molar-refractivity contribution in [2.45, 2.75) is 12.2 Å². The fourth-order valence-electron chi connectivity index (χ4n) is 1.09. The van der Waals surface area contributed by atoms with Crippen LogP contribution in [0.4, 0.5) is 0 Å². The maximum atomic E-state index is 11.0. The molecule has 0 aromatic heterocycles. The van der Waals surface area contributed by atoms with Gasteiger partial charge in [0.2, 0.25) is 0 Å². The normalized spacial score (nSPS) is 12.7. The molecule has 1 unspecified atom stereocenters. The van der Waals surface area contributed by atoms with Crippen LogP contribution in [0.2, 0.25) is 0 Å². The van der Waals surface area contributed by atoms with E-state index in [1.165, 1.54) is 6.92 Å². The number of rotatable bonds is 2. The highest BCUT2D eigenvalue weighted by Crippen LogP contribution is 2.19. The van der Waals surface area contributed by atoms with Gasteiger partial charge in [0, 0.05) is 0 Å². The smallest absolute Gasteiger partial charge is 0.283 e. The third-order valence-corrected chi connectivity index (χ3v) is 2.66. The highest BCUT2D eigenvalue weighted by Gasteiger charge is 2.21. The van der Waals surface area contributed by atoms with Crippen LogP contribution in [-0.4, -0.2) is 13.0 Å². The zero-order valence-corrected chi connectivity index (χ0v) is 8.45. The quantitative estimate of drug-likeness (QED) is 0.596. The monoisotopic (exact) mass is 210 g/mol. The highest BCUT2D eigenvalue weighted by molar-refractivity contribution is 7.86. The predicted molar refractivity (Wildman–Crippen MR) is 54.2 cm³/mol. The van der Waals surface area contributed by atoms with E-state index < -0.39 is 15.4 Å². The van der Waals surface area contributed by atoms with Crippen molar-refractivity contribution < 1.29 is 13.0 Å². The van der Waals surface area contributed by atoms with E-state index in [4.69, 9.17) is 4.55 Å². The van der Waals surface area contributed by atoms with Gasteiger partial charge in [-0.2, -0.15) is 8.42 Å². The Labute approximate surface area is 83.5 Å². The largest absolute Gasteiger partial charge is 0.284 e. The molecule has 0 aliphatic heterocycles. The summed E-state index contributed by atoms with van der Waals surface area (Å²) in [6, 6.07) is 8.39. The van der Waals surface area contributed by atoms with Crippen LogP contribution in [0.5, 0.6) is 0 Å². The molecule has 1 N–H and O–H groups in total. The molecular formula is C10H10O3S. The van der Waals surface area contributed by atoms with Crippen LogP contribution >= 0.6 is 0 Å². The van der Waals surface area contributed by atoms with Gasteiger partial charge in [0.1, 0.15) is 0 Å². The summed E-state index contributed by atoms with van der Waals surface area (Å²) < 4.78 is 30.9. The molecule has 0 aliphatic carbocycles. The van der Waals surface area contributed by atoms with Gasteiger partial charge in [-0.25, -0.2) is 0 Å². The van der Waals surface area contributed by atoms with Crippen molar-refractivity contribution in [3.05, 3.63) is 35.9 Å². The van der Waals surface area contributed by atoms with E-state index in [2.05, 4.69) is 11.8 Å². The van der Waals surface area contributed by atoms with E-state index in [1.54, 1.807) is 30.3 Å². The lowest BCUT2D eigenvalue weighted by molar-refractivity contribution is 0.477. The molecule has 4 heteroatoms. The zero-order valence-electron chi connectivity index (χ0n) is 7.64. The van der Waals surface area contributed by atoms with Gasteiger partial charge in [-0.1, -0.05) is 36.3 Å². The summed E-state index contributed by atoms with van der Waals surface area (Å²) in [6.45, 7) is 1.53. The summed E-state index contributed by atoms with van der Waals surface area (Å²) in [5, 5.41) is -1.14. The molecule has 0 bridgehead atoms. The van der Waals surface area contributed by atoms with E-state index in [9.17, 15) is 8.42 Å². The first kappa shape index (κ1) is 10.8. The average Bonchev–Trinajstić information content (AvgIpc) is 2.14. The first-order valence-corrected chi connectivity index (χ1v) is 5.49. The van der Waals surface area contributed by atoms with Gasteiger partial charge in [-0.15, -0.1) is 5.92 Å². The van der Waals surface area contributed by atoms with Crippen LogP contribution in [0.1, 0.15) is 17.7 Å². The van der Waals surface area contributed by atoms with E-state index in [-0.39, 0.29) is 0 Å². The highest BCUT2D eigenvalue weighted by atomic mass is 32.2. The third-order valence-electron chi connectivity index (χ3n) is 1.68. The van der Waals surface area contributed by atoms with E-state index in [0.717, 1.165) is 0 Å². The summed E-state index contributed by atoms with van der Waals surface area (Å²) in [5.74, 6) is 4.93. The zero-order chi connectivity index (χ0) is 10.6. The minimum Gasteiger partial charge on any atom is -0.284 e. The second-order valence-electron chi connectivity index (χ2n) is 2.70. The SMILES string of the molecule is CC#CC(c1ccccc1)S(=O)(=O)O. The van der Waals surface area contributed by atoms with Crippen LogP contribution in [0.15, 0.2) is 30.3 Å². The molecule has 1 aromatic carbocycles. The minimum absolute atomic E-state index is 0.476. The lowest BCUT2D eigenvalue weighted by Crippen LogP contribution is -2.09. The summed E-state index contributed by atoms with van der Waals surface area (Å²) >= 11 is 0. The molecule has 0 amide bonds. The van der Waals surface area contributed by atoms with E-state index in [1.807, 2.05) is 0 Å². The lowest BCUT2D eigenvalue weighted by Gasteiger charge is -2.06. The second-order valence-corrected chi connectivity index (χ2v) is 4.20. The molecule has 0 heterocycles. The molecule has 0 aliphatic rings. The first-order chi connectivity index (χ1) is 6.55. The molecule has 1 aromatic rings. The van der Waals surface area contributed by atoms with Crippen LogP contribution in [0.3, 0.4) is 0 Å². The molecule has 1 atom stereocenters. The molecular weight excluding hydrogens is 200 g/mol. The Morgan fingerprint density at radius 1 is 1.29 bits per heavy atom. The van der Waals surface area contributed by atoms with Gasteiger partial charge in [0.05, 0.1) is 0 Å². The predicted octanol–water partition coefficient (Wildman–Crippen LogP) is 1.64. The number of hydrogen-bond donors (Lipinski definition) is 1. The first-order valence-electron chi connectivity index (χ1n) is 3.99. The Morgan fingerprint density at radius 3 is 2.29 bits per heavy atom. The minimum atomic E-state index is -4.15. The van der Waals surface area contributed by atoms with E-state index >= 15 is 0 Å². The lowest BCUT2D eigenvalue weighted by atomic mass is 10.1. The van der Waals surface area contributed by atoms with Crippen molar-refractivity contribution in [2.75, 3.05) is 0 Å². The van der Waals surface area contributed by atoms with Crippen molar-refractivity contribution in [3.63, 3.8) is 0 Å². The van der Waals surface area contributed by atoms with Gasteiger partial charge in [-0.05, 0) is 12.5 Å². The summed E-state index contributed by atoms with van der Waals surface area (Å²) in [6.07, 6.45) is 0. The van der Waals surface area contributed by atoms with Gasteiger partial charge < -0.3 is 0 Å². The Bertz CT molecular complexity index is 451. The molecule has 14 heavy (non-hydrogen) atoms. The van der Waals surface area contributed by atoms with E-state index in [0.29, 0.717) is 5.56 Å². The van der Waals surface area contributed by atoms with Gasteiger partial charge in [0.15, 0.2) is 5.25 Å². The molecule has 74 valence electrons. The Morgan fingerprint density at radius 2 is 1.86 bits per heavy atom. The van der Waals surface area contributed by atoms with Gasteiger partial charge in [-0.3, -0.25) is 4.55 Å². The second kappa shape index (κ2) is 4.27. The molecule has 0 radical (unpaired) electrons. The molecule has 3 nitrogen and oxygen atoms in total. The van der Waals surface area contributed by atoms with Crippen LogP contribution in [0, 0.1) is 11.8 Å². The van der Waals surface area contributed by atoms with Crippen LogP contribution in [0.25, 0.3) is 0 Å². The summed E-state index contributed by atoms with van der Waals surface area (Å²) in [7, 11) is -4.15. The topological polar surface area (TPSA) is 54.4 Å². The fourth-order valence-corrected chi connectivity index (χ4v) is 1.86. The van der Waals surface area contributed by atoms with Crippen molar-refractivity contribution in [3.8, 4) is 11.8 Å². The van der Waals surface area contributed by atoms with Crippen LogP contribution in [-0.2, 0) is 10.1 Å². The molecule has 0 spiro atoms. The summed E-state index contributed by atoms with van der Waals surface area (Å²) in [5.41, 5.74) is 0.476. The number of benzene rings is 1. The van der Waals surface area contributed by atoms with Crippen molar-refractivity contribution in [2.24, 2.45) is 0 Å². The Balaban J connectivity index is 3.19. The Hall–Kier alpha value is -1.31. The standard InChI is InChI=1S/C10H10O3S/c1-2-6-10(14(11,12)13)9-7-4-3-5-8-9/h3-5,7-8,10H,1H3,(H,11,12,13). The summed E-state index contributed by atoms with van der Waals surface area (Å²) in [4.78, 5) is 0. The Kier molecular flexibility index (Phi) is 3.28. The van der Waals surface area contributed by atoms with Crippen LogP contribution < -0.4 is 0 Å². The van der Waals surface area contributed by atoms with Crippen molar-refractivity contribution in [1.29, 1.82) is 0 Å². The molecule has 0 fully saturated rings. The van der Waals surface area contributed by atoms with Crippen molar-refractivity contribution in [1.82, 2.24) is 0 Å². The molecule has 1 rings (SSSR count). The van der Waals surface area contributed by atoms with Gasteiger partial charge in [0.25, 0.3) is 10.1 Å². The molecule has 0 saturated heterocycles. The average molecular weight is 210 g/mol. The molecule has 0 saturated carbocycles. The maximum Gasteiger partial charge on any atom is 0.283 e.